The number of pyridine rings is 1. The van der Waals surface area contributed by atoms with Crippen molar-refractivity contribution >= 4 is 0 Å². The number of nitrogens with zero attached hydrogens (tertiary/aromatic N) is 2. The van der Waals surface area contributed by atoms with Crippen molar-refractivity contribution in [3.8, 4) is 11.8 Å². The van der Waals surface area contributed by atoms with Crippen molar-refractivity contribution in [2.24, 2.45) is 0 Å². The predicted octanol–water partition coefficient (Wildman–Crippen LogP) is 2.40. The molecular formula is C13H18N4O. The molecule has 5 heteroatoms. The maximum atomic E-state index is 5.51. The van der Waals surface area contributed by atoms with Gasteiger partial charge in [-0.3, -0.25) is 5.10 Å². The highest BCUT2D eigenvalue weighted by molar-refractivity contribution is 5.23. The molecule has 2 N–H and O–H groups in total. The largest absolute Gasteiger partial charge is 0.419 e. The summed E-state index contributed by atoms with van der Waals surface area (Å²) in [6, 6.07) is 6.14. The van der Waals surface area contributed by atoms with Crippen molar-refractivity contribution in [3.63, 3.8) is 0 Å². The fourth-order valence-electron chi connectivity index (χ4n) is 1.45. The third-order valence-corrected chi connectivity index (χ3v) is 2.40. The Morgan fingerprint density at radius 1 is 1.33 bits per heavy atom. The van der Waals surface area contributed by atoms with Crippen LogP contribution in [-0.2, 0) is 6.54 Å². The van der Waals surface area contributed by atoms with E-state index in [0.717, 1.165) is 17.8 Å². The molecule has 0 saturated heterocycles. The van der Waals surface area contributed by atoms with E-state index in [1.54, 1.807) is 0 Å². The summed E-state index contributed by atoms with van der Waals surface area (Å²) in [7, 11) is 0. The summed E-state index contributed by atoms with van der Waals surface area (Å²) in [5.41, 5.74) is 2.09. The average Bonchev–Trinajstić information content (AvgIpc) is 2.74. The van der Waals surface area contributed by atoms with Gasteiger partial charge >= 0.3 is 0 Å². The molecule has 18 heavy (non-hydrogen) atoms. The normalized spacial score (nSPS) is 10.9. The summed E-state index contributed by atoms with van der Waals surface area (Å²) < 4.78 is 5.51. The molecule has 0 aliphatic rings. The van der Waals surface area contributed by atoms with Crippen molar-refractivity contribution < 1.29 is 4.74 Å². The van der Waals surface area contributed by atoms with Crippen LogP contribution in [0.5, 0.6) is 11.8 Å². The Bertz CT molecular complexity index is 490. The van der Waals surface area contributed by atoms with E-state index in [1.807, 2.05) is 31.3 Å². The van der Waals surface area contributed by atoms with Crippen LogP contribution in [0.3, 0.4) is 0 Å². The average molecular weight is 246 g/mol. The molecule has 96 valence electrons. The van der Waals surface area contributed by atoms with E-state index in [2.05, 4.69) is 34.3 Å². The van der Waals surface area contributed by atoms with Gasteiger partial charge in [0.2, 0.25) is 11.8 Å². The van der Waals surface area contributed by atoms with Gasteiger partial charge in [0, 0.05) is 36.6 Å². The van der Waals surface area contributed by atoms with E-state index in [-0.39, 0.29) is 0 Å². The fourth-order valence-corrected chi connectivity index (χ4v) is 1.45. The molecule has 2 aromatic rings. The Kier molecular flexibility index (Phi) is 3.94. The summed E-state index contributed by atoms with van der Waals surface area (Å²) in [5.74, 6) is 1.09. The molecular weight excluding hydrogens is 228 g/mol. The van der Waals surface area contributed by atoms with Gasteiger partial charge in [0.1, 0.15) is 0 Å². The van der Waals surface area contributed by atoms with E-state index in [9.17, 15) is 0 Å². The van der Waals surface area contributed by atoms with E-state index in [0.29, 0.717) is 17.8 Å². The van der Waals surface area contributed by atoms with Crippen molar-refractivity contribution in [1.82, 2.24) is 20.5 Å². The summed E-state index contributed by atoms with van der Waals surface area (Å²) in [6.45, 7) is 6.97. The minimum atomic E-state index is 0.466. The number of nitrogens with one attached hydrogen (secondary N) is 2. The Morgan fingerprint density at radius 2 is 2.17 bits per heavy atom. The first-order valence-corrected chi connectivity index (χ1v) is 6.01. The SMILES string of the molecule is Cc1cc(Oc2ccc(CNC(C)C)cn2)n[nH]1. The molecule has 2 rings (SSSR count). The zero-order valence-corrected chi connectivity index (χ0v) is 10.9. The molecule has 0 spiro atoms. The van der Waals surface area contributed by atoms with Crippen LogP contribution < -0.4 is 10.1 Å². The van der Waals surface area contributed by atoms with Crippen molar-refractivity contribution in [3.05, 3.63) is 35.7 Å². The number of hydrogen-bond acceptors (Lipinski definition) is 4. The first-order chi connectivity index (χ1) is 8.63. The Morgan fingerprint density at radius 3 is 2.72 bits per heavy atom. The molecule has 2 aromatic heterocycles. The lowest BCUT2D eigenvalue weighted by atomic mass is 10.2. The van der Waals surface area contributed by atoms with E-state index in [4.69, 9.17) is 4.74 Å². The van der Waals surface area contributed by atoms with Gasteiger partial charge in [-0.1, -0.05) is 19.9 Å². The van der Waals surface area contributed by atoms with Crippen molar-refractivity contribution in [2.75, 3.05) is 0 Å². The zero-order valence-electron chi connectivity index (χ0n) is 10.9. The summed E-state index contributed by atoms with van der Waals surface area (Å²) >= 11 is 0. The van der Waals surface area contributed by atoms with E-state index < -0.39 is 0 Å². The number of H-pyrrole nitrogens is 1. The predicted molar refractivity (Wildman–Crippen MR) is 69.6 cm³/mol. The van der Waals surface area contributed by atoms with Crippen LogP contribution in [0.4, 0.5) is 0 Å². The van der Waals surface area contributed by atoms with Crippen LogP contribution in [0.2, 0.25) is 0 Å². The van der Waals surface area contributed by atoms with Crippen LogP contribution in [0.1, 0.15) is 25.1 Å². The van der Waals surface area contributed by atoms with Gasteiger partial charge in [0.15, 0.2) is 0 Å². The number of aromatic amines is 1. The van der Waals surface area contributed by atoms with Crippen LogP contribution in [0.15, 0.2) is 24.4 Å². The maximum Gasteiger partial charge on any atom is 0.240 e. The van der Waals surface area contributed by atoms with Crippen molar-refractivity contribution in [1.29, 1.82) is 0 Å². The first kappa shape index (κ1) is 12.6. The number of aromatic nitrogens is 3. The number of rotatable bonds is 5. The first-order valence-electron chi connectivity index (χ1n) is 6.01. The van der Waals surface area contributed by atoms with Gasteiger partial charge in [0.25, 0.3) is 0 Å². The highest BCUT2D eigenvalue weighted by atomic mass is 16.5. The lowest BCUT2D eigenvalue weighted by Crippen LogP contribution is -2.21. The van der Waals surface area contributed by atoms with Crippen LogP contribution >= 0.6 is 0 Å². The second kappa shape index (κ2) is 5.64. The lowest BCUT2D eigenvalue weighted by molar-refractivity contribution is 0.443. The zero-order chi connectivity index (χ0) is 13.0. The Hall–Kier alpha value is -1.88. The quantitative estimate of drug-likeness (QED) is 0.850. The highest BCUT2D eigenvalue weighted by Crippen LogP contribution is 2.17. The molecule has 0 unspecified atom stereocenters. The van der Waals surface area contributed by atoms with Gasteiger partial charge in [-0.15, -0.1) is 5.10 Å². The second-order valence-electron chi connectivity index (χ2n) is 4.53. The molecule has 0 aliphatic heterocycles. The summed E-state index contributed by atoms with van der Waals surface area (Å²) in [5, 5.41) is 10.1. The number of hydrogen-bond donors (Lipinski definition) is 2. The van der Waals surface area contributed by atoms with Crippen LogP contribution in [-0.4, -0.2) is 21.2 Å². The van der Waals surface area contributed by atoms with Crippen LogP contribution in [0, 0.1) is 6.92 Å². The third-order valence-electron chi connectivity index (χ3n) is 2.40. The van der Waals surface area contributed by atoms with E-state index >= 15 is 0 Å². The minimum Gasteiger partial charge on any atom is -0.419 e. The number of ether oxygens (including phenoxy) is 1. The maximum absolute atomic E-state index is 5.51. The minimum absolute atomic E-state index is 0.466. The third kappa shape index (κ3) is 3.56. The molecule has 0 saturated carbocycles. The highest BCUT2D eigenvalue weighted by Gasteiger charge is 2.02. The van der Waals surface area contributed by atoms with E-state index in [1.165, 1.54) is 0 Å². The fraction of sp³-hybridized carbons (Fsp3) is 0.385. The molecule has 0 atom stereocenters. The second-order valence-corrected chi connectivity index (χ2v) is 4.53. The molecule has 2 heterocycles. The Labute approximate surface area is 107 Å². The van der Waals surface area contributed by atoms with Gasteiger partial charge in [-0.25, -0.2) is 4.98 Å². The molecule has 0 amide bonds. The van der Waals surface area contributed by atoms with Gasteiger partial charge in [-0.2, -0.15) is 0 Å². The molecule has 5 nitrogen and oxygen atoms in total. The molecule has 0 aliphatic carbocycles. The Balaban J connectivity index is 1.95. The van der Waals surface area contributed by atoms with Gasteiger partial charge in [-0.05, 0) is 12.5 Å². The van der Waals surface area contributed by atoms with Gasteiger partial charge < -0.3 is 10.1 Å². The van der Waals surface area contributed by atoms with Gasteiger partial charge in [0.05, 0.1) is 0 Å². The van der Waals surface area contributed by atoms with Crippen molar-refractivity contribution in [2.45, 2.75) is 33.4 Å². The summed E-state index contributed by atoms with van der Waals surface area (Å²) in [6.07, 6.45) is 1.81. The van der Waals surface area contributed by atoms with Crippen LogP contribution in [0.25, 0.3) is 0 Å². The molecule has 0 fully saturated rings. The smallest absolute Gasteiger partial charge is 0.240 e. The molecule has 0 bridgehead atoms. The standard InChI is InChI=1S/C13H18N4O/c1-9(2)14-7-11-4-5-12(15-8-11)18-13-6-10(3)16-17-13/h4-6,8-9,14H,7H2,1-3H3,(H,16,17). The topological polar surface area (TPSA) is 62.8 Å². The molecule has 0 aromatic carbocycles. The molecule has 0 radical (unpaired) electrons. The summed E-state index contributed by atoms with van der Waals surface area (Å²) in [4.78, 5) is 4.25. The number of aryl methyl sites for hydroxylation is 1. The monoisotopic (exact) mass is 246 g/mol. The lowest BCUT2D eigenvalue weighted by Gasteiger charge is -2.08.